The summed E-state index contributed by atoms with van der Waals surface area (Å²) in [5, 5.41) is 8.17. The molecule has 1 amide bonds. The summed E-state index contributed by atoms with van der Waals surface area (Å²) in [4.78, 5) is 17.1. The van der Waals surface area contributed by atoms with E-state index in [1.807, 2.05) is 80.8 Å². The van der Waals surface area contributed by atoms with Crippen LogP contribution >= 0.6 is 0 Å². The van der Waals surface area contributed by atoms with Crippen LogP contribution in [0.5, 0.6) is 0 Å². The normalized spacial score (nSPS) is 11.9. The van der Waals surface area contributed by atoms with Crippen molar-refractivity contribution in [2.45, 2.75) is 19.6 Å². The summed E-state index contributed by atoms with van der Waals surface area (Å²) in [5.74, 6) is 0. The molecule has 0 aliphatic heterocycles. The Morgan fingerprint density at radius 1 is 1.14 bits per heavy atom. The van der Waals surface area contributed by atoms with E-state index in [0.717, 1.165) is 33.3 Å². The number of nitrogens with one attached hydrogen (secondary N) is 1. The van der Waals surface area contributed by atoms with Gasteiger partial charge in [0, 0.05) is 24.2 Å². The molecule has 0 saturated heterocycles. The van der Waals surface area contributed by atoms with Crippen molar-refractivity contribution in [1.82, 2.24) is 20.1 Å². The summed E-state index contributed by atoms with van der Waals surface area (Å²) in [6.07, 6.45) is 3.26. The molecule has 4 aromatic rings. The fourth-order valence-electron chi connectivity index (χ4n) is 3.28. The largest absolute Gasteiger partial charge is 0.445 e. The number of pyridine rings is 1. The van der Waals surface area contributed by atoms with E-state index in [4.69, 9.17) is 9.72 Å². The van der Waals surface area contributed by atoms with Crippen LogP contribution in [0.4, 0.5) is 4.79 Å². The highest BCUT2D eigenvalue weighted by atomic mass is 16.5. The Labute approximate surface area is 169 Å². The summed E-state index contributed by atoms with van der Waals surface area (Å²) in [6, 6.07) is 19.3. The zero-order chi connectivity index (χ0) is 20.2. The first-order valence-electron chi connectivity index (χ1n) is 9.46. The molecular formula is C23H22N4O2. The number of rotatable bonds is 5. The Morgan fingerprint density at radius 2 is 1.90 bits per heavy atom. The second-order valence-electron chi connectivity index (χ2n) is 6.94. The summed E-state index contributed by atoms with van der Waals surface area (Å²) < 4.78 is 7.12. The molecule has 2 aromatic heterocycles. The number of carbonyl (C=O) groups is 1. The second kappa shape index (κ2) is 8.14. The number of hydrogen-bond acceptors (Lipinski definition) is 4. The van der Waals surface area contributed by atoms with E-state index in [9.17, 15) is 4.79 Å². The monoisotopic (exact) mass is 386 g/mol. The summed E-state index contributed by atoms with van der Waals surface area (Å²) in [6.45, 7) is 2.18. The van der Waals surface area contributed by atoms with Gasteiger partial charge in [-0.1, -0.05) is 48.5 Å². The zero-order valence-electron chi connectivity index (χ0n) is 16.4. The Bertz CT molecular complexity index is 1140. The Balaban J connectivity index is 1.57. The maximum Gasteiger partial charge on any atom is 0.407 e. The number of benzene rings is 2. The minimum atomic E-state index is -0.454. The van der Waals surface area contributed by atoms with Crippen molar-refractivity contribution in [2.24, 2.45) is 7.05 Å². The lowest BCUT2D eigenvalue weighted by molar-refractivity contribution is 0.136. The van der Waals surface area contributed by atoms with Crippen molar-refractivity contribution in [1.29, 1.82) is 0 Å². The van der Waals surface area contributed by atoms with Crippen molar-refractivity contribution in [3.05, 3.63) is 84.2 Å². The number of hydrogen-bond donors (Lipinski definition) is 1. The maximum absolute atomic E-state index is 12.3. The molecule has 0 bridgehead atoms. The second-order valence-corrected chi connectivity index (χ2v) is 6.94. The first-order chi connectivity index (χ1) is 14.1. The Morgan fingerprint density at radius 3 is 2.66 bits per heavy atom. The first kappa shape index (κ1) is 18.7. The van der Waals surface area contributed by atoms with Crippen LogP contribution in [0, 0.1) is 0 Å². The van der Waals surface area contributed by atoms with Crippen LogP contribution in [0.15, 0.2) is 73.1 Å². The molecule has 1 N–H and O–H groups in total. The molecule has 0 radical (unpaired) electrons. The van der Waals surface area contributed by atoms with Gasteiger partial charge >= 0.3 is 6.09 Å². The molecule has 2 heterocycles. The minimum Gasteiger partial charge on any atom is -0.445 e. The molecule has 0 unspecified atom stereocenters. The van der Waals surface area contributed by atoms with E-state index < -0.39 is 6.09 Å². The van der Waals surface area contributed by atoms with Crippen LogP contribution in [0.1, 0.15) is 24.1 Å². The molecule has 0 aliphatic rings. The maximum atomic E-state index is 12.3. The van der Waals surface area contributed by atoms with Gasteiger partial charge in [-0.3, -0.25) is 4.68 Å². The van der Waals surface area contributed by atoms with E-state index >= 15 is 0 Å². The SMILES string of the molecule is C[C@@H](NC(=O)OCc1ccccc1)c1cc(-c2cnn(C)c2)nc2ccccc12. The average molecular weight is 386 g/mol. The molecule has 2 aromatic carbocycles. The van der Waals surface area contributed by atoms with Crippen molar-refractivity contribution in [3.8, 4) is 11.3 Å². The van der Waals surface area contributed by atoms with E-state index in [1.165, 1.54) is 0 Å². The topological polar surface area (TPSA) is 69.0 Å². The summed E-state index contributed by atoms with van der Waals surface area (Å²) >= 11 is 0. The van der Waals surface area contributed by atoms with E-state index in [-0.39, 0.29) is 12.6 Å². The smallest absolute Gasteiger partial charge is 0.407 e. The third-order valence-electron chi connectivity index (χ3n) is 4.76. The van der Waals surface area contributed by atoms with Crippen molar-refractivity contribution >= 4 is 17.0 Å². The standard InChI is InChI=1S/C23H22N4O2/c1-16(25-23(28)29-15-17-8-4-3-5-9-17)20-12-22(18-13-24-27(2)14-18)26-21-11-7-6-10-19(20)21/h3-14,16H,15H2,1-2H3,(H,25,28)/t16-/m1/s1. The number of para-hydroxylation sites is 1. The lowest BCUT2D eigenvalue weighted by Gasteiger charge is -2.17. The van der Waals surface area contributed by atoms with Crippen LogP contribution in [-0.4, -0.2) is 20.9 Å². The third kappa shape index (κ3) is 4.27. The highest BCUT2D eigenvalue weighted by Gasteiger charge is 2.16. The minimum absolute atomic E-state index is 0.234. The van der Waals surface area contributed by atoms with E-state index in [1.54, 1.807) is 10.9 Å². The lowest BCUT2D eigenvalue weighted by atomic mass is 10.0. The van der Waals surface area contributed by atoms with Gasteiger partial charge < -0.3 is 10.1 Å². The van der Waals surface area contributed by atoms with Crippen molar-refractivity contribution in [3.63, 3.8) is 0 Å². The molecule has 29 heavy (non-hydrogen) atoms. The third-order valence-corrected chi connectivity index (χ3v) is 4.76. The van der Waals surface area contributed by atoms with Crippen LogP contribution in [0.3, 0.4) is 0 Å². The quantitative estimate of drug-likeness (QED) is 0.543. The number of ether oxygens (including phenoxy) is 1. The van der Waals surface area contributed by atoms with Crippen LogP contribution in [0.25, 0.3) is 22.2 Å². The molecule has 6 nitrogen and oxygen atoms in total. The molecule has 1 atom stereocenters. The van der Waals surface area contributed by atoms with Gasteiger partial charge in [0.2, 0.25) is 0 Å². The van der Waals surface area contributed by atoms with Crippen molar-refractivity contribution < 1.29 is 9.53 Å². The molecule has 0 saturated carbocycles. The molecule has 0 spiro atoms. The van der Waals surface area contributed by atoms with E-state index in [0.29, 0.717) is 0 Å². The predicted octanol–water partition coefficient (Wildman–Crippen LogP) is 4.62. The van der Waals surface area contributed by atoms with Crippen molar-refractivity contribution in [2.75, 3.05) is 0 Å². The number of aryl methyl sites for hydroxylation is 1. The number of carbonyl (C=O) groups excluding carboxylic acids is 1. The fourth-order valence-corrected chi connectivity index (χ4v) is 3.28. The molecule has 6 heteroatoms. The van der Waals surface area contributed by atoms with Gasteiger partial charge in [0.05, 0.1) is 23.4 Å². The average Bonchev–Trinajstić information content (AvgIpc) is 3.18. The van der Waals surface area contributed by atoms with Gasteiger partial charge in [0.1, 0.15) is 6.61 Å². The van der Waals surface area contributed by atoms with Crippen LogP contribution in [0.2, 0.25) is 0 Å². The molecule has 0 fully saturated rings. The van der Waals surface area contributed by atoms with Crippen LogP contribution < -0.4 is 5.32 Å². The van der Waals surface area contributed by atoms with Gasteiger partial charge in [0.15, 0.2) is 0 Å². The highest BCUT2D eigenvalue weighted by molar-refractivity contribution is 5.86. The van der Waals surface area contributed by atoms with Gasteiger partial charge in [0.25, 0.3) is 0 Å². The predicted molar refractivity (Wildman–Crippen MR) is 112 cm³/mol. The number of alkyl carbamates (subject to hydrolysis) is 1. The first-order valence-corrected chi connectivity index (χ1v) is 9.46. The highest BCUT2D eigenvalue weighted by Crippen LogP contribution is 2.28. The lowest BCUT2D eigenvalue weighted by Crippen LogP contribution is -2.27. The molecular weight excluding hydrogens is 364 g/mol. The summed E-state index contributed by atoms with van der Waals surface area (Å²) in [7, 11) is 1.87. The number of amides is 1. The van der Waals surface area contributed by atoms with Gasteiger partial charge in [-0.2, -0.15) is 5.10 Å². The van der Waals surface area contributed by atoms with Gasteiger partial charge in [-0.15, -0.1) is 0 Å². The Kier molecular flexibility index (Phi) is 5.24. The van der Waals surface area contributed by atoms with Gasteiger partial charge in [-0.05, 0) is 30.2 Å². The molecule has 0 aliphatic carbocycles. The number of aromatic nitrogens is 3. The fraction of sp³-hybridized carbons (Fsp3) is 0.174. The molecule has 146 valence electrons. The van der Waals surface area contributed by atoms with E-state index in [2.05, 4.69) is 10.4 Å². The van der Waals surface area contributed by atoms with Crippen LogP contribution in [-0.2, 0) is 18.4 Å². The number of nitrogens with zero attached hydrogens (tertiary/aromatic N) is 3. The summed E-state index contributed by atoms with van der Waals surface area (Å²) in [5.41, 5.74) is 4.54. The molecule has 4 rings (SSSR count). The number of fused-ring (bicyclic) bond motifs is 1. The Hall–Kier alpha value is -3.67. The zero-order valence-corrected chi connectivity index (χ0v) is 16.4. The van der Waals surface area contributed by atoms with Gasteiger partial charge in [-0.25, -0.2) is 9.78 Å².